The van der Waals surface area contributed by atoms with E-state index in [1.54, 1.807) is 0 Å². The fourth-order valence-electron chi connectivity index (χ4n) is 3.23. The molecule has 0 radical (unpaired) electrons. The van der Waals surface area contributed by atoms with Crippen LogP contribution in [0.2, 0.25) is 0 Å². The molecule has 1 aliphatic rings. The van der Waals surface area contributed by atoms with Crippen molar-refractivity contribution in [2.45, 2.75) is 19.5 Å². The minimum Gasteiger partial charge on any atom is -0.312 e. The number of fused-ring (bicyclic) bond motifs is 1. The maximum absolute atomic E-state index is 4.66. The minimum atomic E-state index is 0.551. The quantitative estimate of drug-likeness (QED) is 0.806. The van der Waals surface area contributed by atoms with E-state index in [0.29, 0.717) is 6.04 Å². The van der Waals surface area contributed by atoms with Gasteiger partial charge in [0.05, 0.1) is 6.20 Å². The summed E-state index contributed by atoms with van der Waals surface area (Å²) in [7, 11) is 0. The first-order chi connectivity index (χ1) is 11.3. The van der Waals surface area contributed by atoms with Crippen LogP contribution >= 0.6 is 0 Å². The van der Waals surface area contributed by atoms with E-state index in [1.165, 1.54) is 5.56 Å². The molecule has 1 aromatic carbocycles. The molecular formula is C18H21N5. The fourth-order valence-corrected chi connectivity index (χ4v) is 3.23. The third kappa shape index (κ3) is 2.98. The highest BCUT2D eigenvalue weighted by Crippen LogP contribution is 2.23. The molecule has 0 amide bonds. The number of aromatic nitrogens is 3. The summed E-state index contributed by atoms with van der Waals surface area (Å²) in [5.41, 5.74) is 4.34. The molecule has 0 saturated carbocycles. The Bertz CT molecular complexity index is 796. The van der Waals surface area contributed by atoms with E-state index < -0.39 is 0 Å². The van der Waals surface area contributed by atoms with Crippen molar-refractivity contribution in [2.24, 2.45) is 0 Å². The number of hydrogen-bond donors (Lipinski definition) is 1. The van der Waals surface area contributed by atoms with Crippen molar-refractivity contribution >= 4 is 5.65 Å². The molecule has 1 atom stereocenters. The number of nitrogens with zero attached hydrogens (tertiary/aromatic N) is 4. The zero-order valence-corrected chi connectivity index (χ0v) is 13.3. The van der Waals surface area contributed by atoms with Crippen LogP contribution in [0.1, 0.15) is 12.5 Å². The molecule has 5 nitrogen and oxygen atoms in total. The van der Waals surface area contributed by atoms with E-state index in [1.807, 2.05) is 35.1 Å². The first-order valence-corrected chi connectivity index (χ1v) is 8.13. The molecular weight excluding hydrogens is 286 g/mol. The largest absolute Gasteiger partial charge is 0.312 e. The summed E-state index contributed by atoms with van der Waals surface area (Å²) in [5, 5.41) is 7.96. The van der Waals surface area contributed by atoms with E-state index >= 15 is 0 Å². The second-order valence-corrected chi connectivity index (χ2v) is 6.24. The molecule has 3 heterocycles. The van der Waals surface area contributed by atoms with E-state index in [0.717, 1.165) is 43.0 Å². The Kier molecular flexibility index (Phi) is 3.81. The second-order valence-electron chi connectivity index (χ2n) is 6.24. The van der Waals surface area contributed by atoms with Crippen LogP contribution in [0, 0.1) is 0 Å². The summed E-state index contributed by atoms with van der Waals surface area (Å²) >= 11 is 0. The first kappa shape index (κ1) is 14.4. The molecule has 1 unspecified atom stereocenters. The average Bonchev–Trinajstić information content (AvgIpc) is 2.99. The lowest BCUT2D eigenvalue weighted by Crippen LogP contribution is -2.48. The van der Waals surface area contributed by atoms with Crippen molar-refractivity contribution in [1.82, 2.24) is 24.8 Å². The van der Waals surface area contributed by atoms with E-state index in [9.17, 15) is 0 Å². The Morgan fingerprint density at radius 2 is 2.09 bits per heavy atom. The lowest BCUT2D eigenvalue weighted by molar-refractivity contribution is 0.199. The highest BCUT2D eigenvalue weighted by atomic mass is 15.2. The Morgan fingerprint density at radius 3 is 2.91 bits per heavy atom. The van der Waals surface area contributed by atoms with E-state index in [2.05, 4.69) is 45.6 Å². The zero-order valence-electron chi connectivity index (χ0n) is 13.3. The number of benzene rings is 1. The molecule has 0 aliphatic carbocycles. The number of rotatable bonds is 3. The van der Waals surface area contributed by atoms with Gasteiger partial charge in [0.25, 0.3) is 0 Å². The molecule has 1 saturated heterocycles. The fraction of sp³-hybridized carbons (Fsp3) is 0.333. The normalized spacial score (nSPS) is 19.3. The lowest BCUT2D eigenvalue weighted by Gasteiger charge is -2.31. The van der Waals surface area contributed by atoms with Gasteiger partial charge in [-0.2, -0.15) is 5.10 Å². The lowest BCUT2D eigenvalue weighted by atomic mass is 10.1. The van der Waals surface area contributed by atoms with Crippen LogP contribution in [0.4, 0.5) is 0 Å². The molecule has 1 N–H and O–H groups in total. The summed E-state index contributed by atoms with van der Waals surface area (Å²) in [4.78, 5) is 7.12. The van der Waals surface area contributed by atoms with Crippen LogP contribution < -0.4 is 5.32 Å². The Morgan fingerprint density at radius 1 is 1.22 bits per heavy atom. The van der Waals surface area contributed by atoms with E-state index in [4.69, 9.17) is 0 Å². The molecule has 1 aliphatic heterocycles. The van der Waals surface area contributed by atoms with E-state index in [-0.39, 0.29) is 0 Å². The molecule has 0 spiro atoms. The number of nitrogens with one attached hydrogen (secondary N) is 1. The number of piperazine rings is 1. The SMILES string of the molecule is CC1CN(Cc2cnc3c(-c4ccccc4)cnn3c2)CCN1. The predicted octanol–water partition coefficient (Wildman–Crippen LogP) is 2.19. The van der Waals surface area contributed by atoms with Crippen LogP contribution in [0.3, 0.4) is 0 Å². The molecule has 1 fully saturated rings. The monoisotopic (exact) mass is 307 g/mol. The number of hydrogen-bond acceptors (Lipinski definition) is 4. The van der Waals surface area contributed by atoms with Crippen molar-refractivity contribution in [3.05, 3.63) is 54.5 Å². The maximum atomic E-state index is 4.66. The van der Waals surface area contributed by atoms with Crippen molar-refractivity contribution < 1.29 is 0 Å². The van der Waals surface area contributed by atoms with Gasteiger partial charge in [-0.25, -0.2) is 9.50 Å². The first-order valence-electron chi connectivity index (χ1n) is 8.13. The van der Waals surface area contributed by atoms with Crippen LogP contribution in [-0.4, -0.2) is 45.2 Å². The topological polar surface area (TPSA) is 45.5 Å². The van der Waals surface area contributed by atoms with Crippen molar-refractivity contribution in [2.75, 3.05) is 19.6 Å². The predicted molar refractivity (Wildman–Crippen MR) is 91.2 cm³/mol. The summed E-state index contributed by atoms with van der Waals surface area (Å²) in [5.74, 6) is 0. The summed E-state index contributed by atoms with van der Waals surface area (Å²) in [6.07, 6.45) is 5.98. The molecule has 4 rings (SSSR count). The van der Waals surface area contributed by atoms with Gasteiger partial charge in [-0.1, -0.05) is 30.3 Å². The Balaban J connectivity index is 1.60. The molecule has 118 valence electrons. The Hall–Kier alpha value is -2.24. The third-order valence-corrected chi connectivity index (χ3v) is 4.35. The van der Waals surface area contributed by atoms with Crippen molar-refractivity contribution in [3.63, 3.8) is 0 Å². The van der Waals surface area contributed by atoms with Crippen LogP contribution in [0.5, 0.6) is 0 Å². The van der Waals surface area contributed by atoms with Gasteiger partial charge >= 0.3 is 0 Å². The minimum absolute atomic E-state index is 0.551. The van der Waals surface area contributed by atoms with Crippen molar-refractivity contribution in [3.8, 4) is 11.1 Å². The zero-order chi connectivity index (χ0) is 15.6. The standard InChI is InChI=1S/C18H21N5/c1-14-11-22(8-7-19-14)12-15-9-20-18-17(10-21-23(18)13-15)16-5-3-2-4-6-16/h2-6,9-10,13-14,19H,7-8,11-12H2,1H3. The van der Waals surface area contributed by atoms with Gasteiger partial charge in [-0.15, -0.1) is 0 Å². The highest BCUT2D eigenvalue weighted by molar-refractivity contribution is 5.76. The van der Waals surface area contributed by atoms with Crippen molar-refractivity contribution in [1.29, 1.82) is 0 Å². The van der Waals surface area contributed by atoms with Gasteiger partial charge in [0.1, 0.15) is 0 Å². The second kappa shape index (κ2) is 6.10. The molecule has 5 heteroatoms. The van der Waals surface area contributed by atoms with Gasteiger partial charge in [0, 0.05) is 55.7 Å². The summed E-state index contributed by atoms with van der Waals surface area (Å²) < 4.78 is 1.89. The summed E-state index contributed by atoms with van der Waals surface area (Å²) in [6, 6.07) is 10.8. The van der Waals surface area contributed by atoms with Crippen LogP contribution in [0.15, 0.2) is 48.9 Å². The van der Waals surface area contributed by atoms with Gasteiger partial charge < -0.3 is 5.32 Å². The van der Waals surface area contributed by atoms with Gasteiger partial charge in [-0.05, 0) is 12.5 Å². The van der Waals surface area contributed by atoms with Gasteiger partial charge in [-0.3, -0.25) is 4.90 Å². The summed E-state index contributed by atoms with van der Waals surface area (Å²) in [6.45, 7) is 6.36. The smallest absolute Gasteiger partial charge is 0.162 e. The highest BCUT2D eigenvalue weighted by Gasteiger charge is 2.16. The third-order valence-electron chi connectivity index (χ3n) is 4.35. The Labute approximate surface area is 136 Å². The van der Waals surface area contributed by atoms with Gasteiger partial charge in [0.2, 0.25) is 0 Å². The molecule has 23 heavy (non-hydrogen) atoms. The maximum Gasteiger partial charge on any atom is 0.162 e. The van der Waals surface area contributed by atoms with Crippen LogP contribution in [-0.2, 0) is 6.54 Å². The van der Waals surface area contributed by atoms with Crippen LogP contribution in [0.25, 0.3) is 16.8 Å². The molecule has 0 bridgehead atoms. The molecule has 3 aromatic rings. The molecule has 2 aromatic heterocycles. The van der Waals surface area contributed by atoms with Gasteiger partial charge in [0.15, 0.2) is 5.65 Å². The average molecular weight is 307 g/mol.